The summed E-state index contributed by atoms with van der Waals surface area (Å²) in [7, 11) is 1.42. The van der Waals surface area contributed by atoms with Gasteiger partial charge in [-0.3, -0.25) is 9.78 Å². The summed E-state index contributed by atoms with van der Waals surface area (Å²) in [4.78, 5) is 17.0. The van der Waals surface area contributed by atoms with Crippen molar-refractivity contribution in [3.05, 3.63) is 76.2 Å². The highest BCUT2D eigenvalue weighted by molar-refractivity contribution is 6.31. The zero-order chi connectivity index (χ0) is 27.6. The minimum atomic E-state index is -4.74. The summed E-state index contributed by atoms with van der Waals surface area (Å²) in [6, 6.07) is 10.4. The SMILES string of the molecule is COc1cc(C(=O)NCC(c2cc(C(C)N)cc(-c3ccc(F)c(Cl)c3)n2)C(F)(F)F)ccc1OC1CC1. The molecule has 0 bridgehead atoms. The molecule has 4 rings (SSSR count). The predicted octanol–water partition coefficient (Wildman–Crippen LogP) is 6.19. The van der Waals surface area contributed by atoms with Crippen LogP contribution in [-0.2, 0) is 0 Å². The van der Waals surface area contributed by atoms with Crippen molar-refractivity contribution in [3.8, 4) is 22.8 Å². The number of nitrogens with two attached hydrogens (primary N) is 1. The Hall–Kier alpha value is -3.37. The van der Waals surface area contributed by atoms with Crippen molar-refractivity contribution in [1.82, 2.24) is 10.3 Å². The van der Waals surface area contributed by atoms with Crippen LogP contribution in [-0.4, -0.2) is 36.8 Å². The number of nitrogens with zero attached hydrogens (tertiary/aromatic N) is 1. The van der Waals surface area contributed by atoms with Crippen LogP contribution in [0.2, 0.25) is 5.02 Å². The molecule has 6 nitrogen and oxygen atoms in total. The number of rotatable bonds is 9. The molecule has 0 saturated heterocycles. The van der Waals surface area contributed by atoms with E-state index in [9.17, 15) is 22.4 Å². The van der Waals surface area contributed by atoms with E-state index in [1.165, 1.54) is 43.5 Å². The van der Waals surface area contributed by atoms with Gasteiger partial charge >= 0.3 is 6.18 Å². The molecule has 0 radical (unpaired) electrons. The minimum Gasteiger partial charge on any atom is -0.493 e. The lowest BCUT2D eigenvalue weighted by Gasteiger charge is -2.22. The molecule has 1 heterocycles. The third kappa shape index (κ3) is 6.54. The molecule has 3 aromatic rings. The van der Waals surface area contributed by atoms with Crippen LogP contribution in [0, 0.1) is 5.82 Å². The van der Waals surface area contributed by atoms with Crippen molar-refractivity contribution in [1.29, 1.82) is 0 Å². The monoisotopic (exact) mass is 551 g/mol. The summed E-state index contributed by atoms with van der Waals surface area (Å²) in [6.07, 6.45) is -2.78. The van der Waals surface area contributed by atoms with E-state index in [0.717, 1.165) is 18.9 Å². The van der Waals surface area contributed by atoms with Crippen molar-refractivity contribution in [2.75, 3.05) is 13.7 Å². The van der Waals surface area contributed by atoms with E-state index >= 15 is 0 Å². The number of pyridine rings is 1. The summed E-state index contributed by atoms with van der Waals surface area (Å²) in [5.41, 5.74) is 6.62. The van der Waals surface area contributed by atoms with Gasteiger partial charge in [0.05, 0.1) is 29.6 Å². The summed E-state index contributed by atoms with van der Waals surface area (Å²) in [5, 5.41) is 2.16. The topological polar surface area (TPSA) is 86.5 Å². The Labute approximate surface area is 222 Å². The molecule has 2 unspecified atom stereocenters. The molecule has 1 aliphatic carbocycles. The second-order valence-corrected chi connectivity index (χ2v) is 9.52. The fourth-order valence-electron chi connectivity index (χ4n) is 3.78. The molecular weight excluding hydrogens is 526 g/mol. The molecule has 1 fully saturated rings. The van der Waals surface area contributed by atoms with Crippen LogP contribution in [0.1, 0.15) is 53.3 Å². The Bertz CT molecular complexity index is 1330. The number of methoxy groups -OCH3 is 1. The summed E-state index contributed by atoms with van der Waals surface area (Å²) >= 11 is 5.87. The average Bonchev–Trinajstić information content (AvgIpc) is 3.69. The van der Waals surface area contributed by atoms with E-state index in [1.807, 2.05) is 0 Å². The Balaban J connectivity index is 1.61. The van der Waals surface area contributed by atoms with E-state index < -0.39 is 36.4 Å². The largest absolute Gasteiger partial charge is 0.493 e. The molecule has 38 heavy (non-hydrogen) atoms. The van der Waals surface area contributed by atoms with Crippen molar-refractivity contribution in [2.24, 2.45) is 5.73 Å². The van der Waals surface area contributed by atoms with Crippen LogP contribution in [0.25, 0.3) is 11.3 Å². The lowest BCUT2D eigenvalue weighted by atomic mass is 9.97. The second kappa shape index (κ2) is 11.2. The van der Waals surface area contributed by atoms with Crippen molar-refractivity contribution < 1.29 is 31.8 Å². The number of nitrogens with one attached hydrogen (secondary N) is 1. The van der Waals surface area contributed by atoms with Gasteiger partial charge in [0.15, 0.2) is 11.5 Å². The lowest BCUT2D eigenvalue weighted by Crippen LogP contribution is -2.35. The standard InChI is InChI=1S/C27H26ClF4N3O3/c1-14(33)17-10-22(15-3-7-21(29)20(28)9-15)35-23(11-17)19(27(30,31)32)13-34-26(36)16-4-8-24(25(12-16)37-2)38-18-5-6-18/h3-4,7-12,14,18-19H,5-6,13,33H2,1-2H3,(H,34,36). The van der Waals surface area contributed by atoms with Gasteiger partial charge in [-0.25, -0.2) is 4.39 Å². The van der Waals surface area contributed by atoms with Gasteiger partial charge in [0.25, 0.3) is 5.91 Å². The van der Waals surface area contributed by atoms with E-state index in [-0.39, 0.29) is 28.1 Å². The third-order valence-electron chi connectivity index (χ3n) is 6.07. The molecular formula is C27H26ClF4N3O3. The number of carbonyl (C=O) groups is 1. The number of hydrogen-bond donors (Lipinski definition) is 2. The zero-order valence-electron chi connectivity index (χ0n) is 20.6. The van der Waals surface area contributed by atoms with Gasteiger partial charge in [-0.1, -0.05) is 11.6 Å². The molecule has 1 saturated carbocycles. The van der Waals surface area contributed by atoms with Gasteiger partial charge in [0.2, 0.25) is 0 Å². The van der Waals surface area contributed by atoms with Crippen LogP contribution >= 0.6 is 11.6 Å². The summed E-state index contributed by atoms with van der Waals surface area (Å²) in [6.45, 7) is 0.846. The number of ether oxygens (including phenoxy) is 2. The number of benzene rings is 2. The van der Waals surface area contributed by atoms with Gasteiger partial charge in [-0.2, -0.15) is 13.2 Å². The first-order valence-electron chi connectivity index (χ1n) is 11.9. The lowest BCUT2D eigenvalue weighted by molar-refractivity contribution is -0.149. The summed E-state index contributed by atoms with van der Waals surface area (Å²) in [5.74, 6) is -2.75. The van der Waals surface area contributed by atoms with Crippen LogP contribution in [0.5, 0.6) is 11.5 Å². The van der Waals surface area contributed by atoms with Crippen LogP contribution in [0.3, 0.4) is 0 Å². The fourth-order valence-corrected chi connectivity index (χ4v) is 3.96. The Morgan fingerprint density at radius 3 is 2.50 bits per heavy atom. The number of carbonyl (C=O) groups excluding carboxylic acids is 1. The highest BCUT2D eigenvalue weighted by Gasteiger charge is 2.42. The normalized spacial score (nSPS) is 15.1. The maximum Gasteiger partial charge on any atom is 0.398 e. The van der Waals surface area contributed by atoms with Gasteiger partial charge in [-0.15, -0.1) is 0 Å². The molecule has 1 amide bonds. The number of alkyl halides is 3. The van der Waals surface area contributed by atoms with E-state index in [4.69, 9.17) is 26.8 Å². The smallest absolute Gasteiger partial charge is 0.398 e. The first-order chi connectivity index (χ1) is 18.0. The molecule has 2 aromatic carbocycles. The van der Waals surface area contributed by atoms with Gasteiger partial charge in [0.1, 0.15) is 11.7 Å². The van der Waals surface area contributed by atoms with E-state index in [1.54, 1.807) is 13.0 Å². The molecule has 202 valence electrons. The van der Waals surface area contributed by atoms with E-state index in [2.05, 4.69) is 10.3 Å². The first kappa shape index (κ1) is 27.7. The predicted molar refractivity (Wildman–Crippen MR) is 135 cm³/mol. The summed E-state index contributed by atoms with van der Waals surface area (Å²) < 4.78 is 67.3. The Morgan fingerprint density at radius 1 is 1.16 bits per heavy atom. The third-order valence-corrected chi connectivity index (χ3v) is 6.36. The highest BCUT2D eigenvalue weighted by atomic mass is 35.5. The molecule has 0 aliphatic heterocycles. The van der Waals surface area contributed by atoms with Gasteiger partial charge < -0.3 is 20.5 Å². The molecule has 3 N–H and O–H groups in total. The van der Waals surface area contributed by atoms with Crippen molar-refractivity contribution in [3.63, 3.8) is 0 Å². The first-order valence-corrected chi connectivity index (χ1v) is 12.3. The maximum atomic E-state index is 14.2. The molecule has 1 aliphatic rings. The van der Waals surface area contributed by atoms with Crippen LogP contribution < -0.4 is 20.5 Å². The van der Waals surface area contributed by atoms with Crippen LogP contribution in [0.4, 0.5) is 17.6 Å². The van der Waals surface area contributed by atoms with Crippen molar-refractivity contribution in [2.45, 2.75) is 44.0 Å². The van der Waals surface area contributed by atoms with E-state index in [0.29, 0.717) is 22.6 Å². The van der Waals surface area contributed by atoms with Gasteiger partial charge in [0, 0.05) is 23.7 Å². The Morgan fingerprint density at radius 2 is 1.89 bits per heavy atom. The van der Waals surface area contributed by atoms with Crippen LogP contribution in [0.15, 0.2) is 48.5 Å². The second-order valence-electron chi connectivity index (χ2n) is 9.12. The number of aromatic nitrogens is 1. The van der Waals surface area contributed by atoms with Gasteiger partial charge in [-0.05, 0) is 73.9 Å². The Kier molecular flexibility index (Phi) is 8.13. The molecule has 2 atom stereocenters. The zero-order valence-corrected chi connectivity index (χ0v) is 21.4. The fraction of sp³-hybridized carbons (Fsp3) is 0.333. The molecule has 11 heteroatoms. The average molecular weight is 552 g/mol. The maximum absolute atomic E-state index is 14.2. The molecule has 0 spiro atoms. The molecule has 1 aromatic heterocycles. The quantitative estimate of drug-likeness (QED) is 0.310. The highest BCUT2D eigenvalue weighted by Crippen LogP contribution is 2.37. The number of hydrogen-bond acceptors (Lipinski definition) is 5. The number of amides is 1. The minimum absolute atomic E-state index is 0.103. The van der Waals surface area contributed by atoms with Crippen molar-refractivity contribution >= 4 is 17.5 Å². The number of halogens is 5.